The highest BCUT2D eigenvalue weighted by molar-refractivity contribution is 5.90. The molecule has 1 aromatic carbocycles. The maximum Gasteiger partial charge on any atom is 0.339 e. The van der Waals surface area contributed by atoms with Gasteiger partial charge in [-0.1, -0.05) is 12.1 Å². The van der Waals surface area contributed by atoms with Crippen molar-refractivity contribution in [2.45, 2.75) is 19.4 Å². The first-order valence-electron chi connectivity index (χ1n) is 7.45. The van der Waals surface area contributed by atoms with Gasteiger partial charge in [0.05, 0.1) is 6.61 Å². The summed E-state index contributed by atoms with van der Waals surface area (Å²) in [5.74, 6) is -0.491. The summed E-state index contributed by atoms with van der Waals surface area (Å²) in [7, 11) is 2.15. The number of carboxylic acid groups (broad SMARTS) is 1. The van der Waals surface area contributed by atoms with Crippen LogP contribution in [0.3, 0.4) is 0 Å². The number of nitrogens with zero attached hydrogens (tertiary/aromatic N) is 2. The van der Waals surface area contributed by atoms with E-state index in [1.165, 1.54) is 0 Å². The van der Waals surface area contributed by atoms with Crippen molar-refractivity contribution in [2.24, 2.45) is 0 Å². The number of para-hydroxylation sites is 1. The molecule has 1 aromatic rings. The molecule has 1 aliphatic heterocycles. The summed E-state index contributed by atoms with van der Waals surface area (Å²) in [6.07, 6.45) is 0.905. The molecule has 1 unspecified atom stereocenters. The van der Waals surface area contributed by atoms with Gasteiger partial charge in [-0.15, -0.1) is 0 Å². The molecule has 1 heterocycles. The number of aromatic carboxylic acids is 1. The molecule has 0 spiro atoms. The van der Waals surface area contributed by atoms with E-state index in [-0.39, 0.29) is 5.56 Å². The molecular weight excluding hydrogens is 268 g/mol. The molecule has 0 amide bonds. The molecule has 1 atom stereocenters. The van der Waals surface area contributed by atoms with Gasteiger partial charge in [0.15, 0.2) is 0 Å². The minimum absolute atomic E-state index is 0.227. The van der Waals surface area contributed by atoms with E-state index in [4.69, 9.17) is 9.84 Å². The quantitative estimate of drug-likeness (QED) is 0.810. The summed E-state index contributed by atoms with van der Waals surface area (Å²) in [4.78, 5) is 15.9. The van der Waals surface area contributed by atoms with Gasteiger partial charge in [-0.3, -0.25) is 4.90 Å². The second-order valence-electron chi connectivity index (χ2n) is 5.65. The first-order chi connectivity index (χ1) is 10.1. The molecule has 1 aliphatic rings. The average Bonchev–Trinajstić information content (AvgIpc) is 2.45. The van der Waals surface area contributed by atoms with Gasteiger partial charge >= 0.3 is 5.97 Å². The number of piperazine rings is 1. The molecule has 0 aliphatic carbocycles. The van der Waals surface area contributed by atoms with E-state index in [1.807, 2.05) is 0 Å². The summed E-state index contributed by atoms with van der Waals surface area (Å²) in [6, 6.07) is 7.35. The van der Waals surface area contributed by atoms with E-state index >= 15 is 0 Å². The fourth-order valence-corrected chi connectivity index (χ4v) is 2.73. The van der Waals surface area contributed by atoms with Crippen molar-refractivity contribution in [3.05, 3.63) is 29.8 Å². The Morgan fingerprint density at radius 3 is 2.86 bits per heavy atom. The van der Waals surface area contributed by atoms with Gasteiger partial charge in [0.2, 0.25) is 0 Å². The SMILES string of the molecule is CC1CN(C)CCN1CCCOc1ccccc1C(=O)O. The van der Waals surface area contributed by atoms with E-state index in [9.17, 15) is 4.79 Å². The highest BCUT2D eigenvalue weighted by Crippen LogP contribution is 2.18. The van der Waals surface area contributed by atoms with E-state index in [0.717, 1.165) is 32.6 Å². The monoisotopic (exact) mass is 292 g/mol. The van der Waals surface area contributed by atoms with Crippen molar-refractivity contribution >= 4 is 5.97 Å². The highest BCUT2D eigenvalue weighted by Gasteiger charge is 2.20. The van der Waals surface area contributed by atoms with E-state index < -0.39 is 5.97 Å². The second kappa shape index (κ2) is 7.43. The van der Waals surface area contributed by atoms with Gasteiger partial charge in [0.1, 0.15) is 11.3 Å². The molecule has 0 saturated carbocycles. The maximum absolute atomic E-state index is 11.1. The molecule has 5 heteroatoms. The summed E-state index contributed by atoms with van der Waals surface area (Å²) < 4.78 is 5.63. The van der Waals surface area contributed by atoms with Gasteiger partial charge in [0.25, 0.3) is 0 Å². The molecule has 116 valence electrons. The summed E-state index contributed by atoms with van der Waals surface area (Å²) in [6.45, 7) is 7.07. The Labute approximate surface area is 126 Å². The summed E-state index contributed by atoms with van der Waals surface area (Å²) in [5.41, 5.74) is 0.227. The number of hydrogen-bond acceptors (Lipinski definition) is 4. The van der Waals surface area contributed by atoms with E-state index in [0.29, 0.717) is 18.4 Å². The molecular formula is C16H24N2O3. The number of benzene rings is 1. The lowest BCUT2D eigenvalue weighted by Gasteiger charge is -2.38. The number of rotatable bonds is 6. The predicted molar refractivity (Wildman–Crippen MR) is 82.0 cm³/mol. The number of hydrogen-bond donors (Lipinski definition) is 1. The smallest absolute Gasteiger partial charge is 0.339 e. The molecule has 0 radical (unpaired) electrons. The summed E-state index contributed by atoms with van der Waals surface area (Å²) in [5, 5.41) is 9.09. The predicted octanol–water partition coefficient (Wildman–Crippen LogP) is 1.79. The van der Waals surface area contributed by atoms with Crippen LogP contribution in [0.25, 0.3) is 0 Å². The molecule has 5 nitrogen and oxygen atoms in total. The fourth-order valence-electron chi connectivity index (χ4n) is 2.73. The Bertz CT molecular complexity index is 478. The van der Waals surface area contributed by atoms with E-state index in [2.05, 4.69) is 23.8 Å². The lowest BCUT2D eigenvalue weighted by Crippen LogP contribution is -2.50. The molecule has 1 saturated heterocycles. The molecule has 1 fully saturated rings. The minimum Gasteiger partial charge on any atom is -0.493 e. The molecule has 21 heavy (non-hydrogen) atoms. The molecule has 2 rings (SSSR count). The zero-order valence-corrected chi connectivity index (χ0v) is 12.8. The van der Waals surface area contributed by atoms with Crippen molar-refractivity contribution in [1.82, 2.24) is 9.80 Å². The first kappa shape index (κ1) is 15.8. The van der Waals surface area contributed by atoms with Gasteiger partial charge in [0, 0.05) is 32.2 Å². The van der Waals surface area contributed by atoms with Gasteiger partial charge < -0.3 is 14.7 Å². The van der Waals surface area contributed by atoms with Crippen LogP contribution in [0.1, 0.15) is 23.7 Å². The maximum atomic E-state index is 11.1. The largest absolute Gasteiger partial charge is 0.493 e. The molecule has 0 bridgehead atoms. The van der Waals surface area contributed by atoms with Crippen molar-refractivity contribution < 1.29 is 14.6 Å². The highest BCUT2D eigenvalue weighted by atomic mass is 16.5. The van der Waals surface area contributed by atoms with Crippen LogP contribution < -0.4 is 4.74 Å². The fraction of sp³-hybridized carbons (Fsp3) is 0.562. The van der Waals surface area contributed by atoms with Gasteiger partial charge in [-0.2, -0.15) is 0 Å². The Kier molecular flexibility index (Phi) is 5.59. The molecule has 0 aromatic heterocycles. The Balaban J connectivity index is 1.76. The van der Waals surface area contributed by atoms with Gasteiger partial charge in [-0.25, -0.2) is 4.79 Å². The Morgan fingerprint density at radius 1 is 1.38 bits per heavy atom. The number of likely N-dealkylation sites (N-methyl/N-ethyl adjacent to an activating group) is 1. The standard InChI is InChI=1S/C16H24N2O3/c1-13-12-17(2)9-10-18(13)8-5-11-21-15-7-4-3-6-14(15)16(19)20/h3-4,6-7,13H,5,8-12H2,1-2H3,(H,19,20). The number of carbonyl (C=O) groups is 1. The van der Waals surface area contributed by atoms with Crippen molar-refractivity contribution in [3.8, 4) is 5.75 Å². The van der Waals surface area contributed by atoms with Gasteiger partial charge in [-0.05, 0) is 32.5 Å². The Morgan fingerprint density at radius 2 is 2.14 bits per heavy atom. The number of carboxylic acids is 1. The van der Waals surface area contributed by atoms with Crippen molar-refractivity contribution in [2.75, 3.05) is 39.8 Å². The topological polar surface area (TPSA) is 53.0 Å². The lowest BCUT2D eigenvalue weighted by atomic mass is 10.2. The van der Waals surface area contributed by atoms with Crippen LogP contribution in [0.15, 0.2) is 24.3 Å². The van der Waals surface area contributed by atoms with Crippen LogP contribution in [-0.2, 0) is 0 Å². The van der Waals surface area contributed by atoms with E-state index in [1.54, 1.807) is 24.3 Å². The van der Waals surface area contributed by atoms with Crippen LogP contribution in [-0.4, -0.2) is 66.8 Å². The minimum atomic E-state index is -0.946. The second-order valence-corrected chi connectivity index (χ2v) is 5.65. The lowest BCUT2D eigenvalue weighted by molar-refractivity contribution is 0.0691. The van der Waals surface area contributed by atoms with Crippen molar-refractivity contribution in [3.63, 3.8) is 0 Å². The third kappa shape index (κ3) is 4.44. The van der Waals surface area contributed by atoms with Crippen LogP contribution >= 0.6 is 0 Å². The van der Waals surface area contributed by atoms with Crippen LogP contribution in [0.5, 0.6) is 5.75 Å². The zero-order valence-electron chi connectivity index (χ0n) is 12.8. The summed E-state index contributed by atoms with van der Waals surface area (Å²) >= 11 is 0. The van der Waals surface area contributed by atoms with Crippen LogP contribution in [0.2, 0.25) is 0 Å². The first-order valence-corrected chi connectivity index (χ1v) is 7.45. The zero-order chi connectivity index (χ0) is 15.2. The Hall–Kier alpha value is -1.59. The third-order valence-corrected chi connectivity index (χ3v) is 3.93. The molecule has 1 N–H and O–H groups in total. The van der Waals surface area contributed by atoms with Crippen LogP contribution in [0.4, 0.5) is 0 Å². The average molecular weight is 292 g/mol. The van der Waals surface area contributed by atoms with Crippen molar-refractivity contribution in [1.29, 1.82) is 0 Å². The van der Waals surface area contributed by atoms with Crippen LogP contribution in [0, 0.1) is 0 Å². The normalized spacial score (nSPS) is 20.4. The third-order valence-electron chi connectivity index (χ3n) is 3.93. The number of ether oxygens (including phenoxy) is 1.